The highest BCUT2D eigenvalue weighted by molar-refractivity contribution is 6.13. The van der Waals surface area contributed by atoms with Gasteiger partial charge in [0, 0.05) is 49.2 Å². The molecular weight excluding hydrogens is 528 g/mol. The molecule has 3 aliphatic heterocycles. The summed E-state index contributed by atoms with van der Waals surface area (Å²) in [5, 5.41) is 0. The van der Waals surface area contributed by atoms with Crippen molar-refractivity contribution >= 4 is 22.8 Å². The predicted molar refractivity (Wildman–Crippen MR) is 167 cm³/mol. The van der Waals surface area contributed by atoms with Crippen LogP contribution in [0.2, 0.25) is 0 Å². The number of hydrogen-bond acceptors (Lipinski definition) is 8. The quantitative estimate of drug-likeness (QED) is 0.270. The van der Waals surface area contributed by atoms with Crippen LogP contribution in [0.1, 0.15) is 35.1 Å². The standard InChI is InChI=1S/C34H40N4O4/c1-37(2)13-5-15-39-25-9-7-23-19-31(35-29(23)21-25)27-11-12-28(34-33(27)41-17-18-42-34)32-20-24-8-10-26(22-30(24)36-32)40-16-6-14-38(3)4/h7-12,21-22H,5-6,13-20H2,1-4H3. The van der Waals surface area contributed by atoms with Crippen LogP contribution in [0.25, 0.3) is 0 Å². The lowest BCUT2D eigenvalue weighted by atomic mass is 9.97. The minimum absolute atomic E-state index is 0.510. The van der Waals surface area contributed by atoms with Gasteiger partial charge < -0.3 is 28.7 Å². The fourth-order valence-corrected chi connectivity index (χ4v) is 5.55. The minimum atomic E-state index is 0.510. The first-order chi connectivity index (χ1) is 20.4. The van der Waals surface area contributed by atoms with E-state index >= 15 is 0 Å². The minimum Gasteiger partial charge on any atom is -0.493 e. The Morgan fingerprint density at radius 1 is 0.643 bits per heavy atom. The third-order valence-electron chi connectivity index (χ3n) is 7.69. The summed E-state index contributed by atoms with van der Waals surface area (Å²) >= 11 is 0. The van der Waals surface area contributed by atoms with Crippen LogP contribution in [0.3, 0.4) is 0 Å². The lowest BCUT2D eigenvalue weighted by molar-refractivity contribution is 0.171. The van der Waals surface area contributed by atoms with Crippen LogP contribution in [0.5, 0.6) is 23.0 Å². The van der Waals surface area contributed by atoms with Gasteiger partial charge in [-0.3, -0.25) is 9.98 Å². The molecule has 0 bridgehead atoms. The van der Waals surface area contributed by atoms with Crippen molar-refractivity contribution in [1.82, 2.24) is 9.80 Å². The van der Waals surface area contributed by atoms with Crippen molar-refractivity contribution in [3.05, 3.63) is 70.8 Å². The normalized spacial score (nSPS) is 15.0. The van der Waals surface area contributed by atoms with E-state index in [1.165, 1.54) is 11.1 Å². The van der Waals surface area contributed by atoms with E-state index in [2.05, 4.69) is 62.3 Å². The number of nitrogens with zero attached hydrogens (tertiary/aromatic N) is 4. The van der Waals surface area contributed by atoms with Crippen molar-refractivity contribution in [3.63, 3.8) is 0 Å². The van der Waals surface area contributed by atoms with Gasteiger partial charge in [0.2, 0.25) is 0 Å². The van der Waals surface area contributed by atoms with Crippen LogP contribution in [0.4, 0.5) is 11.4 Å². The van der Waals surface area contributed by atoms with Gasteiger partial charge in [-0.25, -0.2) is 0 Å². The molecule has 0 spiro atoms. The Morgan fingerprint density at radius 3 is 1.52 bits per heavy atom. The zero-order valence-corrected chi connectivity index (χ0v) is 25.1. The molecule has 0 amide bonds. The van der Waals surface area contributed by atoms with Crippen LogP contribution in [-0.2, 0) is 12.8 Å². The molecule has 0 unspecified atom stereocenters. The van der Waals surface area contributed by atoms with E-state index in [4.69, 9.17) is 28.9 Å². The molecule has 0 fully saturated rings. The van der Waals surface area contributed by atoms with Crippen molar-refractivity contribution in [1.29, 1.82) is 0 Å². The Labute approximate surface area is 248 Å². The maximum atomic E-state index is 6.23. The first-order valence-electron chi connectivity index (χ1n) is 14.8. The van der Waals surface area contributed by atoms with Crippen molar-refractivity contribution in [3.8, 4) is 23.0 Å². The largest absolute Gasteiger partial charge is 0.493 e. The van der Waals surface area contributed by atoms with Crippen molar-refractivity contribution in [2.24, 2.45) is 9.98 Å². The summed E-state index contributed by atoms with van der Waals surface area (Å²) in [5.41, 5.74) is 8.21. The molecule has 0 aromatic heterocycles. The third kappa shape index (κ3) is 6.30. The van der Waals surface area contributed by atoms with Crippen LogP contribution in [0.15, 0.2) is 58.5 Å². The molecule has 3 aliphatic rings. The Balaban J connectivity index is 1.20. The van der Waals surface area contributed by atoms with Crippen LogP contribution in [-0.4, -0.2) is 88.9 Å². The van der Waals surface area contributed by atoms with E-state index in [1.807, 2.05) is 24.3 Å². The van der Waals surface area contributed by atoms with E-state index < -0.39 is 0 Å². The van der Waals surface area contributed by atoms with Crippen molar-refractivity contribution in [2.75, 3.05) is 67.7 Å². The summed E-state index contributed by atoms with van der Waals surface area (Å²) < 4.78 is 24.4. The smallest absolute Gasteiger partial charge is 0.171 e. The van der Waals surface area contributed by atoms with E-state index in [-0.39, 0.29) is 0 Å². The Bertz CT molecular complexity index is 1400. The molecule has 3 heterocycles. The molecular formula is C34H40N4O4. The zero-order valence-electron chi connectivity index (χ0n) is 25.1. The molecule has 220 valence electrons. The van der Waals surface area contributed by atoms with E-state index in [1.54, 1.807) is 0 Å². The fraction of sp³-hybridized carbons (Fsp3) is 0.412. The summed E-state index contributed by atoms with van der Waals surface area (Å²) in [4.78, 5) is 14.3. The summed E-state index contributed by atoms with van der Waals surface area (Å²) in [6.45, 7) is 4.40. The lowest BCUT2D eigenvalue weighted by Crippen LogP contribution is -2.20. The number of aliphatic imine (C=N–C) groups is 2. The van der Waals surface area contributed by atoms with Crippen molar-refractivity contribution in [2.45, 2.75) is 25.7 Å². The summed E-state index contributed by atoms with van der Waals surface area (Å²) in [7, 11) is 8.30. The van der Waals surface area contributed by atoms with Gasteiger partial charge in [-0.05, 0) is 76.4 Å². The predicted octanol–water partition coefficient (Wildman–Crippen LogP) is 5.47. The average molecular weight is 569 g/mol. The number of rotatable bonds is 12. The molecule has 0 radical (unpaired) electrons. The molecule has 6 rings (SSSR count). The summed E-state index contributed by atoms with van der Waals surface area (Å²) in [5.74, 6) is 3.23. The van der Waals surface area contributed by atoms with Gasteiger partial charge in [0.05, 0.1) is 36.0 Å². The second-order valence-corrected chi connectivity index (χ2v) is 11.6. The summed E-state index contributed by atoms with van der Waals surface area (Å²) in [6.07, 6.45) is 3.46. The molecule has 3 aromatic rings. The second kappa shape index (κ2) is 12.5. The molecule has 0 saturated carbocycles. The maximum absolute atomic E-state index is 6.23. The number of hydrogen-bond donors (Lipinski definition) is 0. The maximum Gasteiger partial charge on any atom is 0.171 e. The van der Waals surface area contributed by atoms with E-state index in [0.717, 1.165) is 95.7 Å². The van der Waals surface area contributed by atoms with Crippen LogP contribution in [0, 0.1) is 0 Å². The van der Waals surface area contributed by atoms with Gasteiger partial charge in [-0.15, -0.1) is 0 Å². The molecule has 0 atom stereocenters. The highest BCUT2D eigenvalue weighted by atomic mass is 16.6. The van der Waals surface area contributed by atoms with Gasteiger partial charge in [-0.1, -0.05) is 12.1 Å². The van der Waals surface area contributed by atoms with Crippen LogP contribution >= 0.6 is 0 Å². The fourth-order valence-electron chi connectivity index (χ4n) is 5.55. The Morgan fingerprint density at radius 2 is 1.10 bits per heavy atom. The molecule has 42 heavy (non-hydrogen) atoms. The first-order valence-corrected chi connectivity index (χ1v) is 14.8. The topological polar surface area (TPSA) is 68.1 Å². The van der Waals surface area contributed by atoms with Crippen LogP contribution < -0.4 is 18.9 Å². The molecule has 0 N–H and O–H groups in total. The van der Waals surface area contributed by atoms with Gasteiger partial charge in [0.15, 0.2) is 11.5 Å². The second-order valence-electron chi connectivity index (χ2n) is 11.6. The number of benzene rings is 3. The third-order valence-corrected chi connectivity index (χ3v) is 7.69. The van der Waals surface area contributed by atoms with E-state index in [0.29, 0.717) is 26.4 Å². The average Bonchev–Trinajstić information content (AvgIpc) is 3.60. The van der Waals surface area contributed by atoms with Gasteiger partial charge in [-0.2, -0.15) is 0 Å². The molecule has 8 heteroatoms. The highest BCUT2D eigenvalue weighted by Crippen LogP contribution is 2.43. The van der Waals surface area contributed by atoms with Gasteiger partial charge >= 0.3 is 0 Å². The number of fused-ring (bicyclic) bond motifs is 3. The monoisotopic (exact) mass is 568 g/mol. The molecule has 3 aromatic carbocycles. The first kappa shape index (κ1) is 28.2. The highest BCUT2D eigenvalue weighted by Gasteiger charge is 2.29. The van der Waals surface area contributed by atoms with Gasteiger partial charge in [0.25, 0.3) is 0 Å². The van der Waals surface area contributed by atoms with Gasteiger partial charge in [0.1, 0.15) is 24.7 Å². The Kier molecular flexibility index (Phi) is 8.44. The summed E-state index contributed by atoms with van der Waals surface area (Å²) in [6, 6.07) is 16.6. The molecule has 8 nitrogen and oxygen atoms in total. The molecule has 0 saturated heterocycles. The Hall–Kier alpha value is -3.88. The molecule has 0 aliphatic carbocycles. The van der Waals surface area contributed by atoms with Crippen molar-refractivity contribution < 1.29 is 18.9 Å². The SMILES string of the molecule is CN(C)CCCOc1ccc2c(c1)N=C(c1ccc(C3=Nc4cc(OCCCN(C)C)ccc4C3)c3c1OCCO3)C2. The number of ether oxygens (including phenoxy) is 4. The van der Waals surface area contributed by atoms with E-state index in [9.17, 15) is 0 Å². The lowest BCUT2D eigenvalue weighted by Gasteiger charge is -2.23. The zero-order chi connectivity index (χ0) is 29.1.